The molecule has 0 saturated carbocycles. The molecular formula is C25H29FN6O3. The number of carbonyl (C=O) groups excluding carboxylic acids is 1. The van der Waals surface area contributed by atoms with Crippen molar-refractivity contribution in [2.24, 2.45) is 0 Å². The second kappa shape index (κ2) is 9.41. The Labute approximate surface area is 203 Å². The number of pyridine rings is 1. The molecule has 9 nitrogen and oxygen atoms in total. The van der Waals surface area contributed by atoms with Crippen LogP contribution in [0.5, 0.6) is 5.88 Å². The van der Waals surface area contributed by atoms with Crippen LogP contribution < -0.4 is 10.5 Å². The molecule has 3 aromatic rings. The van der Waals surface area contributed by atoms with Gasteiger partial charge < -0.3 is 20.1 Å². The Morgan fingerprint density at radius 1 is 1.31 bits per heavy atom. The van der Waals surface area contributed by atoms with Crippen molar-refractivity contribution < 1.29 is 18.7 Å². The molecule has 2 N–H and O–H groups in total. The van der Waals surface area contributed by atoms with Crippen LogP contribution in [0.3, 0.4) is 0 Å². The van der Waals surface area contributed by atoms with E-state index in [1.54, 1.807) is 33.0 Å². The molecular weight excluding hydrogens is 451 g/mol. The van der Waals surface area contributed by atoms with Crippen LogP contribution in [0.2, 0.25) is 0 Å². The molecule has 0 unspecified atom stereocenters. The Morgan fingerprint density at radius 3 is 2.71 bits per heavy atom. The molecule has 35 heavy (non-hydrogen) atoms. The fourth-order valence-electron chi connectivity index (χ4n) is 4.32. The third-order valence-electron chi connectivity index (χ3n) is 6.04. The van der Waals surface area contributed by atoms with Crippen LogP contribution in [-0.4, -0.2) is 50.6 Å². The van der Waals surface area contributed by atoms with Gasteiger partial charge in [-0.2, -0.15) is 10.4 Å². The van der Waals surface area contributed by atoms with E-state index in [0.717, 1.165) is 5.56 Å². The number of fused-ring (bicyclic) bond motifs is 1. The van der Waals surface area contributed by atoms with Crippen molar-refractivity contribution in [2.75, 3.05) is 18.8 Å². The monoisotopic (exact) mass is 480 g/mol. The zero-order chi connectivity index (χ0) is 25.2. The first-order chi connectivity index (χ1) is 16.6. The number of carbonyl (C=O) groups is 1. The first-order valence-electron chi connectivity index (χ1n) is 11.4. The Balaban J connectivity index is 1.66. The summed E-state index contributed by atoms with van der Waals surface area (Å²) in [5, 5.41) is 14.5. The SMILES string of the molecule is CC(C)(C)OC(=O)N1CC[C@@](CC#N)(n2nc(N)c3c(OCc4ccccc4)nccc32)[C@@H](F)C1. The van der Waals surface area contributed by atoms with Gasteiger partial charge in [0.2, 0.25) is 5.88 Å². The maximum Gasteiger partial charge on any atom is 0.410 e. The van der Waals surface area contributed by atoms with Gasteiger partial charge in [-0.25, -0.2) is 14.2 Å². The number of nitrogens with zero attached hydrogens (tertiary/aromatic N) is 5. The molecule has 10 heteroatoms. The molecule has 3 heterocycles. The third-order valence-corrected chi connectivity index (χ3v) is 6.04. The van der Waals surface area contributed by atoms with E-state index in [1.165, 1.54) is 9.58 Å². The van der Waals surface area contributed by atoms with E-state index < -0.39 is 23.4 Å². The minimum absolute atomic E-state index is 0.134. The van der Waals surface area contributed by atoms with E-state index >= 15 is 4.39 Å². The van der Waals surface area contributed by atoms with E-state index in [9.17, 15) is 10.1 Å². The van der Waals surface area contributed by atoms with Gasteiger partial charge in [0.25, 0.3) is 0 Å². The Bertz CT molecular complexity index is 1250. The van der Waals surface area contributed by atoms with Crippen molar-refractivity contribution in [3.63, 3.8) is 0 Å². The molecule has 1 fully saturated rings. The van der Waals surface area contributed by atoms with Crippen LogP contribution in [0.15, 0.2) is 42.6 Å². The number of hydrogen-bond acceptors (Lipinski definition) is 7. The number of halogens is 1. The van der Waals surface area contributed by atoms with Gasteiger partial charge in [0.05, 0.1) is 24.6 Å². The normalized spacial score (nSPS) is 20.4. The number of ether oxygens (including phenoxy) is 2. The van der Waals surface area contributed by atoms with Crippen molar-refractivity contribution in [2.45, 2.75) is 57.5 Å². The molecule has 1 amide bonds. The number of hydrogen-bond donors (Lipinski definition) is 1. The largest absolute Gasteiger partial charge is 0.472 e. The smallest absolute Gasteiger partial charge is 0.410 e. The highest BCUT2D eigenvalue weighted by molar-refractivity contribution is 5.93. The third kappa shape index (κ3) is 4.85. The summed E-state index contributed by atoms with van der Waals surface area (Å²) < 4.78 is 28.7. The summed E-state index contributed by atoms with van der Waals surface area (Å²) in [5.74, 6) is 0.416. The van der Waals surface area contributed by atoms with E-state index in [4.69, 9.17) is 15.2 Å². The number of likely N-dealkylation sites (tertiary alicyclic amines) is 1. The lowest BCUT2D eigenvalue weighted by molar-refractivity contribution is -0.0166. The zero-order valence-electron chi connectivity index (χ0n) is 20.1. The van der Waals surface area contributed by atoms with Gasteiger partial charge in [0.1, 0.15) is 29.3 Å². The summed E-state index contributed by atoms with van der Waals surface area (Å²) >= 11 is 0. The minimum Gasteiger partial charge on any atom is -0.472 e. The Kier molecular flexibility index (Phi) is 6.52. The summed E-state index contributed by atoms with van der Waals surface area (Å²) in [4.78, 5) is 18.2. The van der Waals surface area contributed by atoms with Gasteiger partial charge in [-0.1, -0.05) is 30.3 Å². The molecule has 0 bridgehead atoms. The van der Waals surface area contributed by atoms with Crippen LogP contribution in [0.1, 0.15) is 39.2 Å². The average molecular weight is 481 g/mol. The molecule has 0 radical (unpaired) electrons. The van der Waals surface area contributed by atoms with Gasteiger partial charge in [-0.05, 0) is 38.8 Å². The fourth-order valence-corrected chi connectivity index (χ4v) is 4.32. The Hall–Kier alpha value is -3.87. The number of nitriles is 1. The zero-order valence-corrected chi connectivity index (χ0v) is 20.1. The topological polar surface area (TPSA) is 119 Å². The number of anilines is 1. The average Bonchev–Trinajstić information content (AvgIpc) is 3.16. The number of piperidine rings is 1. The van der Waals surface area contributed by atoms with E-state index in [0.29, 0.717) is 10.9 Å². The van der Waals surface area contributed by atoms with Crippen LogP contribution >= 0.6 is 0 Å². The molecule has 184 valence electrons. The second-order valence-corrected chi connectivity index (χ2v) is 9.66. The summed E-state index contributed by atoms with van der Waals surface area (Å²) in [7, 11) is 0. The molecule has 1 aromatic carbocycles. The molecule has 1 saturated heterocycles. The van der Waals surface area contributed by atoms with Gasteiger partial charge >= 0.3 is 6.09 Å². The van der Waals surface area contributed by atoms with Crippen LogP contribution in [-0.2, 0) is 16.9 Å². The van der Waals surface area contributed by atoms with Crippen molar-refractivity contribution in [1.82, 2.24) is 19.7 Å². The standard InChI is InChI=1S/C25H29FN6O3/c1-24(2,3)35-23(33)31-14-11-25(10-12-27,19(26)15-31)32-18-9-13-29-22(20(18)21(28)30-32)34-16-17-7-5-4-6-8-17/h4-9,13,19H,10-11,14-16H2,1-3H3,(H2,28,30)/t19-,25+/m0/s1. The molecule has 1 aliphatic rings. The number of aromatic nitrogens is 3. The highest BCUT2D eigenvalue weighted by Crippen LogP contribution is 2.40. The number of nitrogens with two attached hydrogens (primary N) is 1. The lowest BCUT2D eigenvalue weighted by Crippen LogP contribution is -2.56. The van der Waals surface area contributed by atoms with Crippen molar-refractivity contribution in [3.8, 4) is 11.9 Å². The maximum atomic E-state index is 15.9. The van der Waals surface area contributed by atoms with E-state index in [1.807, 2.05) is 30.3 Å². The summed E-state index contributed by atoms with van der Waals surface area (Å²) in [6.07, 6.45) is -0.595. The molecule has 0 aliphatic carbocycles. The summed E-state index contributed by atoms with van der Waals surface area (Å²) in [5.41, 5.74) is 5.73. The number of alkyl halides is 1. The molecule has 0 spiro atoms. The quantitative estimate of drug-likeness (QED) is 0.582. The van der Waals surface area contributed by atoms with Crippen molar-refractivity contribution >= 4 is 22.8 Å². The summed E-state index contributed by atoms with van der Waals surface area (Å²) in [6.45, 7) is 5.53. The predicted octanol–water partition coefficient (Wildman–Crippen LogP) is 4.18. The number of rotatable bonds is 5. The van der Waals surface area contributed by atoms with Gasteiger partial charge in [0, 0.05) is 12.7 Å². The lowest BCUT2D eigenvalue weighted by Gasteiger charge is -2.43. The van der Waals surface area contributed by atoms with Crippen LogP contribution in [0.4, 0.5) is 15.0 Å². The highest BCUT2D eigenvalue weighted by atomic mass is 19.1. The highest BCUT2D eigenvalue weighted by Gasteiger charge is 2.48. The Morgan fingerprint density at radius 2 is 2.06 bits per heavy atom. The van der Waals surface area contributed by atoms with Gasteiger partial charge in [0.15, 0.2) is 5.82 Å². The summed E-state index contributed by atoms with van der Waals surface area (Å²) in [6, 6.07) is 13.4. The molecule has 2 aromatic heterocycles. The van der Waals surface area contributed by atoms with E-state index in [-0.39, 0.29) is 44.2 Å². The molecule has 1 aliphatic heterocycles. The van der Waals surface area contributed by atoms with Crippen LogP contribution in [0.25, 0.3) is 10.9 Å². The number of amides is 1. The second-order valence-electron chi connectivity index (χ2n) is 9.66. The van der Waals surface area contributed by atoms with Gasteiger partial charge in [-0.3, -0.25) is 4.68 Å². The maximum absolute atomic E-state index is 15.9. The first-order valence-corrected chi connectivity index (χ1v) is 11.4. The lowest BCUT2D eigenvalue weighted by atomic mass is 9.83. The molecule has 4 rings (SSSR count). The van der Waals surface area contributed by atoms with Crippen LogP contribution in [0, 0.1) is 11.3 Å². The number of nitrogen functional groups attached to an aromatic ring is 1. The molecule has 2 atom stereocenters. The number of benzene rings is 1. The van der Waals surface area contributed by atoms with Crippen molar-refractivity contribution in [3.05, 3.63) is 48.2 Å². The minimum atomic E-state index is -1.58. The van der Waals surface area contributed by atoms with Crippen molar-refractivity contribution in [1.29, 1.82) is 5.26 Å². The predicted molar refractivity (Wildman–Crippen MR) is 128 cm³/mol. The van der Waals surface area contributed by atoms with E-state index in [2.05, 4.69) is 16.2 Å². The first kappa shape index (κ1) is 24.3. The van der Waals surface area contributed by atoms with Gasteiger partial charge in [-0.15, -0.1) is 0 Å². The fraction of sp³-hybridized carbons (Fsp3) is 0.440.